The molecule has 30 heavy (non-hydrogen) atoms. The summed E-state index contributed by atoms with van der Waals surface area (Å²) in [5, 5.41) is 3.25. The van der Waals surface area contributed by atoms with Crippen LogP contribution in [0.2, 0.25) is 0 Å². The van der Waals surface area contributed by atoms with E-state index < -0.39 is 0 Å². The number of nitrogens with zero attached hydrogens (tertiary/aromatic N) is 3. The van der Waals surface area contributed by atoms with E-state index >= 15 is 0 Å². The van der Waals surface area contributed by atoms with Crippen LogP contribution in [0.4, 0.5) is 15.9 Å². The Morgan fingerprint density at radius 1 is 0.967 bits per heavy atom. The van der Waals surface area contributed by atoms with Crippen LogP contribution in [0.15, 0.2) is 54.9 Å². The topological polar surface area (TPSA) is 50.7 Å². The van der Waals surface area contributed by atoms with Crippen LogP contribution in [0.5, 0.6) is 0 Å². The standard InChI is InChI=1S/C25H31FN4/c1-3-5-6-7-8-11-19(4-2)25-29-23(20-12-10-15-27-18-20)17-24(30-25)28-22-14-9-13-21(26)16-22/h9-10,12-19H,3-8,11H2,1-2H3,(H,28,29,30). The minimum absolute atomic E-state index is 0.278. The lowest BCUT2D eigenvalue weighted by Crippen LogP contribution is -2.07. The quantitative estimate of drug-likeness (QED) is 0.340. The van der Waals surface area contributed by atoms with E-state index in [1.54, 1.807) is 12.3 Å². The van der Waals surface area contributed by atoms with E-state index in [2.05, 4.69) is 24.1 Å². The average molecular weight is 407 g/mol. The maximum Gasteiger partial charge on any atom is 0.134 e. The molecule has 158 valence electrons. The Morgan fingerprint density at radius 3 is 2.57 bits per heavy atom. The summed E-state index contributed by atoms with van der Waals surface area (Å²) < 4.78 is 13.6. The fourth-order valence-electron chi connectivity index (χ4n) is 3.60. The van der Waals surface area contributed by atoms with Gasteiger partial charge < -0.3 is 5.32 Å². The van der Waals surface area contributed by atoms with Crippen molar-refractivity contribution in [2.45, 2.75) is 64.7 Å². The summed E-state index contributed by atoms with van der Waals surface area (Å²) in [4.78, 5) is 13.9. The van der Waals surface area contributed by atoms with Crippen LogP contribution in [0, 0.1) is 5.82 Å². The molecule has 0 aliphatic carbocycles. The van der Waals surface area contributed by atoms with Gasteiger partial charge >= 0.3 is 0 Å². The molecule has 0 saturated heterocycles. The molecule has 0 radical (unpaired) electrons. The van der Waals surface area contributed by atoms with Gasteiger partial charge in [0.15, 0.2) is 0 Å². The van der Waals surface area contributed by atoms with Crippen LogP contribution >= 0.6 is 0 Å². The molecule has 5 heteroatoms. The summed E-state index contributed by atoms with van der Waals surface area (Å²) in [6, 6.07) is 12.2. The van der Waals surface area contributed by atoms with Crippen molar-refractivity contribution in [2.24, 2.45) is 0 Å². The first-order chi connectivity index (χ1) is 14.7. The second-order valence-electron chi connectivity index (χ2n) is 7.68. The third-order valence-electron chi connectivity index (χ3n) is 5.31. The molecule has 1 unspecified atom stereocenters. The smallest absolute Gasteiger partial charge is 0.134 e. The van der Waals surface area contributed by atoms with E-state index in [-0.39, 0.29) is 5.82 Å². The van der Waals surface area contributed by atoms with Crippen LogP contribution in [0.1, 0.15) is 70.5 Å². The van der Waals surface area contributed by atoms with Crippen molar-refractivity contribution < 1.29 is 4.39 Å². The van der Waals surface area contributed by atoms with Crippen LogP contribution in [-0.2, 0) is 0 Å². The Labute approximate surface area is 179 Å². The zero-order valence-electron chi connectivity index (χ0n) is 17.9. The largest absolute Gasteiger partial charge is 0.340 e. The Bertz CT molecular complexity index is 914. The van der Waals surface area contributed by atoms with Gasteiger partial charge in [0.05, 0.1) is 5.69 Å². The Hall–Kier alpha value is -2.82. The van der Waals surface area contributed by atoms with Crippen molar-refractivity contribution in [1.82, 2.24) is 15.0 Å². The number of benzene rings is 1. The van der Waals surface area contributed by atoms with E-state index in [1.165, 1.54) is 44.2 Å². The molecule has 4 nitrogen and oxygen atoms in total. The van der Waals surface area contributed by atoms with Crippen molar-refractivity contribution in [3.05, 3.63) is 66.5 Å². The normalized spacial score (nSPS) is 12.0. The van der Waals surface area contributed by atoms with Crippen molar-refractivity contribution in [3.8, 4) is 11.3 Å². The average Bonchev–Trinajstić information content (AvgIpc) is 2.77. The molecule has 0 spiro atoms. The molecule has 0 fully saturated rings. The van der Waals surface area contributed by atoms with E-state index in [0.717, 1.165) is 29.9 Å². The van der Waals surface area contributed by atoms with Gasteiger partial charge in [-0.05, 0) is 43.2 Å². The molecule has 1 N–H and O–H groups in total. The molecule has 3 rings (SSSR count). The minimum Gasteiger partial charge on any atom is -0.340 e. The predicted molar refractivity (Wildman–Crippen MR) is 121 cm³/mol. The number of aromatic nitrogens is 3. The summed E-state index contributed by atoms with van der Waals surface area (Å²) in [7, 11) is 0. The molecular formula is C25H31FN4. The van der Waals surface area contributed by atoms with Gasteiger partial charge in [0.25, 0.3) is 0 Å². The molecule has 1 atom stereocenters. The first-order valence-corrected chi connectivity index (χ1v) is 11.0. The fourth-order valence-corrected chi connectivity index (χ4v) is 3.60. The maximum absolute atomic E-state index is 13.6. The molecule has 1 aromatic carbocycles. The van der Waals surface area contributed by atoms with Gasteiger partial charge in [-0.25, -0.2) is 14.4 Å². The van der Waals surface area contributed by atoms with Gasteiger partial charge in [-0.1, -0.05) is 52.0 Å². The molecule has 2 aromatic heterocycles. The summed E-state index contributed by atoms with van der Waals surface area (Å²) in [5.74, 6) is 1.54. The SMILES string of the molecule is CCCCCCCC(CC)c1nc(Nc2cccc(F)c2)cc(-c2cccnc2)n1. The highest BCUT2D eigenvalue weighted by Crippen LogP contribution is 2.28. The number of nitrogens with one attached hydrogen (secondary N) is 1. The molecule has 2 heterocycles. The second kappa shape index (κ2) is 11.4. The van der Waals surface area contributed by atoms with Gasteiger partial charge in [-0.3, -0.25) is 4.98 Å². The number of unbranched alkanes of at least 4 members (excludes halogenated alkanes) is 4. The minimum atomic E-state index is -0.278. The molecule has 0 saturated carbocycles. The van der Waals surface area contributed by atoms with Crippen LogP contribution in [0.25, 0.3) is 11.3 Å². The Kier molecular flexibility index (Phi) is 8.30. The summed E-state index contributed by atoms with van der Waals surface area (Å²) in [6.45, 7) is 4.43. The zero-order chi connectivity index (χ0) is 21.2. The molecule has 0 amide bonds. The third kappa shape index (κ3) is 6.34. The first kappa shape index (κ1) is 21.9. The maximum atomic E-state index is 13.6. The van der Waals surface area contributed by atoms with E-state index in [1.807, 2.05) is 30.5 Å². The lowest BCUT2D eigenvalue weighted by atomic mass is 9.97. The second-order valence-corrected chi connectivity index (χ2v) is 7.68. The van der Waals surface area contributed by atoms with Crippen LogP contribution < -0.4 is 5.32 Å². The predicted octanol–water partition coefficient (Wildman–Crippen LogP) is 7.28. The highest BCUT2D eigenvalue weighted by Gasteiger charge is 2.16. The highest BCUT2D eigenvalue weighted by atomic mass is 19.1. The summed E-state index contributed by atoms with van der Waals surface area (Å²) in [5.41, 5.74) is 2.45. The lowest BCUT2D eigenvalue weighted by molar-refractivity contribution is 0.517. The van der Waals surface area contributed by atoms with Crippen LogP contribution in [0.3, 0.4) is 0 Å². The van der Waals surface area contributed by atoms with Crippen molar-refractivity contribution >= 4 is 11.5 Å². The van der Waals surface area contributed by atoms with Gasteiger partial charge in [-0.2, -0.15) is 0 Å². The first-order valence-electron chi connectivity index (χ1n) is 11.0. The number of hydrogen-bond acceptors (Lipinski definition) is 4. The van der Waals surface area contributed by atoms with E-state index in [0.29, 0.717) is 17.4 Å². The number of pyridine rings is 1. The lowest BCUT2D eigenvalue weighted by Gasteiger charge is -2.17. The fraction of sp³-hybridized carbons (Fsp3) is 0.400. The zero-order valence-corrected chi connectivity index (χ0v) is 17.9. The number of halogens is 1. The van der Waals surface area contributed by atoms with Crippen molar-refractivity contribution in [3.63, 3.8) is 0 Å². The highest BCUT2D eigenvalue weighted by molar-refractivity contribution is 5.65. The third-order valence-corrected chi connectivity index (χ3v) is 5.31. The summed E-state index contributed by atoms with van der Waals surface area (Å²) in [6.07, 6.45) is 11.9. The molecule has 0 aliphatic heterocycles. The summed E-state index contributed by atoms with van der Waals surface area (Å²) >= 11 is 0. The van der Waals surface area contributed by atoms with Gasteiger partial charge in [0.2, 0.25) is 0 Å². The number of anilines is 2. The van der Waals surface area contributed by atoms with Gasteiger partial charge in [0.1, 0.15) is 17.5 Å². The molecular weight excluding hydrogens is 375 g/mol. The Balaban J connectivity index is 1.86. The molecule has 3 aromatic rings. The van der Waals surface area contributed by atoms with Crippen LogP contribution in [-0.4, -0.2) is 15.0 Å². The van der Waals surface area contributed by atoms with Gasteiger partial charge in [0, 0.05) is 35.6 Å². The Morgan fingerprint density at radius 2 is 1.83 bits per heavy atom. The number of hydrogen-bond donors (Lipinski definition) is 1. The van der Waals surface area contributed by atoms with Gasteiger partial charge in [-0.15, -0.1) is 0 Å². The van der Waals surface area contributed by atoms with E-state index in [9.17, 15) is 4.39 Å². The number of rotatable bonds is 11. The molecule has 0 bridgehead atoms. The monoisotopic (exact) mass is 406 g/mol. The van der Waals surface area contributed by atoms with Crippen molar-refractivity contribution in [2.75, 3.05) is 5.32 Å². The van der Waals surface area contributed by atoms with Crippen molar-refractivity contribution in [1.29, 1.82) is 0 Å². The van der Waals surface area contributed by atoms with E-state index in [4.69, 9.17) is 9.97 Å². The molecule has 0 aliphatic rings.